The summed E-state index contributed by atoms with van der Waals surface area (Å²) in [5.74, 6) is -0.0776. The molecule has 0 saturated heterocycles. The van der Waals surface area contributed by atoms with Crippen LogP contribution in [0.25, 0.3) is 0 Å². The number of rotatable bonds is 4. The van der Waals surface area contributed by atoms with E-state index in [0.29, 0.717) is 31.6 Å². The van der Waals surface area contributed by atoms with E-state index in [4.69, 9.17) is 4.74 Å². The van der Waals surface area contributed by atoms with Crippen molar-refractivity contribution in [3.05, 3.63) is 52.0 Å². The third kappa shape index (κ3) is 3.04. The first kappa shape index (κ1) is 15.5. The third-order valence-electron chi connectivity index (χ3n) is 4.13. The molecule has 1 aromatic heterocycles. The summed E-state index contributed by atoms with van der Waals surface area (Å²) in [5, 5.41) is 4.34. The Morgan fingerprint density at radius 2 is 2.13 bits per heavy atom. The molecule has 2 aromatic rings. The molecule has 1 aromatic carbocycles. The van der Waals surface area contributed by atoms with Gasteiger partial charge in [0.05, 0.1) is 13.7 Å². The van der Waals surface area contributed by atoms with Gasteiger partial charge < -0.3 is 4.74 Å². The van der Waals surface area contributed by atoms with Gasteiger partial charge in [0, 0.05) is 6.42 Å². The molecule has 6 nitrogen and oxygen atoms in total. The lowest BCUT2D eigenvalue weighted by molar-refractivity contribution is -0.145. The van der Waals surface area contributed by atoms with E-state index in [2.05, 4.69) is 5.10 Å². The zero-order chi connectivity index (χ0) is 16.4. The van der Waals surface area contributed by atoms with Crippen LogP contribution in [0.2, 0.25) is 0 Å². The molecule has 0 aliphatic carbocycles. The molecule has 0 fully saturated rings. The van der Waals surface area contributed by atoms with Crippen molar-refractivity contribution in [3.8, 4) is 0 Å². The minimum Gasteiger partial charge on any atom is -0.467 e. The highest BCUT2D eigenvalue weighted by molar-refractivity contribution is 5.74. The van der Waals surface area contributed by atoms with Gasteiger partial charge in [-0.05, 0) is 37.0 Å². The second-order valence-corrected chi connectivity index (χ2v) is 5.60. The predicted octanol–water partition coefficient (Wildman–Crippen LogP) is 1.48. The summed E-state index contributed by atoms with van der Waals surface area (Å²) in [4.78, 5) is 24.4. The number of fused-ring (bicyclic) bond motifs is 1. The smallest absolute Gasteiger partial charge is 0.346 e. The molecular formula is C16H18FN3O3. The maximum absolute atomic E-state index is 12.9. The fourth-order valence-corrected chi connectivity index (χ4v) is 2.92. The average Bonchev–Trinajstić information content (AvgIpc) is 2.90. The van der Waals surface area contributed by atoms with Crippen LogP contribution < -0.4 is 5.69 Å². The quantitative estimate of drug-likeness (QED) is 0.801. The number of hydrogen-bond acceptors (Lipinski definition) is 4. The Labute approximate surface area is 132 Å². The monoisotopic (exact) mass is 319 g/mol. The summed E-state index contributed by atoms with van der Waals surface area (Å²) in [5.41, 5.74) is 0.631. The maximum atomic E-state index is 12.9. The van der Waals surface area contributed by atoms with Crippen LogP contribution in [0.1, 0.15) is 30.3 Å². The van der Waals surface area contributed by atoms with Gasteiger partial charge in [0.25, 0.3) is 0 Å². The van der Waals surface area contributed by atoms with Gasteiger partial charge in [-0.3, -0.25) is 4.57 Å². The van der Waals surface area contributed by atoms with Crippen LogP contribution >= 0.6 is 0 Å². The number of aryl methyl sites for hydroxylation is 3. The lowest BCUT2D eigenvalue weighted by Gasteiger charge is -2.20. The van der Waals surface area contributed by atoms with Crippen molar-refractivity contribution in [3.63, 3.8) is 0 Å². The Hall–Kier alpha value is -2.44. The van der Waals surface area contributed by atoms with Crippen LogP contribution in [0, 0.1) is 5.82 Å². The fraction of sp³-hybridized carbons (Fsp3) is 0.438. The van der Waals surface area contributed by atoms with Crippen molar-refractivity contribution in [1.82, 2.24) is 14.3 Å². The average molecular weight is 319 g/mol. The first-order valence-corrected chi connectivity index (χ1v) is 7.60. The molecule has 122 valence electrons. The number of methoxy groups -OCH3 is 1. The van der Waals surface area contributed by atoms with Crippen molar-refractivity contribution < 1.29 is 13.9 Å². The highest BCUT2D eigenvalue weighted by Gasteiger charge is 2.30. The number of ether oxygens (including phenoxy) is 1. The van der Waals surface area contributed by atoms with Gasteiger partial charge >= 0.3 is 11.7 Å². The van der Waals surface area contributed by atoms with E-state index in [1.165, 1.54) is 28.5 Å². The van der Waals surface area contributed by atoms with Crippen molar-refractivity contribution in [2.45, 2.75) is 38.3 Å². The zero-order valence-corrected chi connectivity index (χ0v) is 12.9. The lowest BCUT2D eigenvalue weighted by Crippen LogP contribution is -2.35. The molecule has 23 heavy (non-hydrogen) atoms. The number of benzene rings is 1. The fourth-order valence-electron chi connectivity index (χ4n) is 2.92. The summed E-state index contributed by atoms with van der Waals surface area (Å²) in [6, 6.07) is 5.57. The van der Waals surface area contributed by atoms with Crippen LogP contribution in [0.5, 0.6) is 0 Å². The van der Waals surface area contributed by atoms with Gasteiger partial charge in [-0.25, -0.2) is 18.7 Å². The number of hydrogen-bond donors (Lipinski definition) is 0. The molecule has 0 radical (unpaired) electrons. The standard InChI is InChI=1S/C16H18FN3O3/c1-23-15(21)13-3-2-4-14-18-19(16(22)20(13)14)10-9-11-5-7-12(17)8-6-11/h5-8,13H,2-4,9-10H2,1H3/t13-/m0/s1. The molecule has 0 N–H and O–H groups in total. The summed E-state index contributed by atoms with van der Waals surface area (Å²) in [6.45, 7) is 0.387. The van der Waals surface area contributed by atoms with Gasteiger partial charge in [0.15, 0.2) is 0 Å². The summed E-state index contributed by atoms with van der Waals surface area (Å²) < 4.78 is 20.5. The normalized spacial score (nSPS) is 16.9. The van der Waals surface area contributed by atoms with Crippen LogP contribution in [-0.2, 0) is 28.9 Å². The van der Waals surface area contributed by atoms with E-state index in [9.17, 15) is 14.0 Å². The van der Waals surface area contributed by atoms with E-state index < -0.39 is 12.0 Å². The largest absolute Gasteiger partial charge is 0.467 e. The molecule has 1 aliphatic heterocycles. The maximum Gasteiger partial charge on any atom is 0.346 e. The van der Waals surface area contributed by atoms with E-state index in [1.54, 1.807) is 12.1 Å². The number of carbonyl (C=O) groups excluding carboxylic acids is 1. The zero-order valence-electron chi connectivity index (χ0n) is 12.9. The molecular weight excluding hydrogens is 301 g/mol. The van der Waals surface area contributed by atoms with E-state index in [-0.39, 0.29) is 11.5 Å². The van der Waals surface area contributed by atoms with Crippen LogP contribution in [0.15, 0.2) is 29.1 Å². The number of halogens is 1. The van der Waals surface area contributed by atoms with Crippen LogP contribution in [0.4, 0.5) is 4.39 Å². The van der Waals surface area contributed by atoms with Crippen molar-refractivity contribution in [2.75, 3.05) is 7.11 Å². The Morgan fingerprint density at radius 1 is 1.39 bits per heavy atom. The second-order valence-electron chi connectivity index (χ2n) is 5.60. The highest BCUT2D eigenvalue weighted by Crippen LogP contribution is 2.22. The minimum atomic E-state index is -0.587. The van der Waals surface area contributed by atoms with Gasteiger partial charge in [-0.1, -0.05) is 12.1 Å². The molecule has 0 bridgehead atoms. The third-order valence-corrected chi connectivity index (χ3v) is 4.13. The number of carbonyl (C=O) groups is 1. The molecule has 3 rings (SSSR count). The molecule has 0 spiro atoms. The Kier molecular flexibility index (Phi) is 4.27. The van der Waals surface area contributed by atoms with Gasteiger partial charge in [0.2, 0.25) is 0 Å². The van der Waals surface area contributed by atoms with Crippen LogP contribution in [-0.4, -0.2) is 27.4 Å². The number of esters is 1. The van der Waals surface area contributed by atoms with E-state index in [1.807, 2.05) is 0 Å². The molecule has 7 heteroatoms. The Morgan fingerprint density at radius 3 is 2.83 bits per heavy atom. The summed E-state index contributed by atoms with van der Waals surface area (Å²) in [6.07, 6.45) is 2.63. The first-order chi connectivity index (χ1) is 11.1. The summed E-state index contributed by atoms with van der Waals surface area (Å²) >= 11 is 0. The Bertz CT molecular complexity index is 764. The summed E-state index contributed by atoms with van der Waals surface area (Å²) in [7, 11) is 1.32. The lowest BCUT2D eigenvalue weighted by atomic mass is 10.1. The number of nitrogens with zero attached hydrogens (tertiary/aromatic N) is 3. The van der Waals surface area contributed by atoms with Crippen molar-refractivity contribution in [2.24, 2.45) is 0 Å². The SMILES string of the molecule is COC(=O)[C@@H]1CCCc2nn(CCc3ccc(F)cc3)c(=O)n21. The first-order valence-electron chi connectivity index (χ1n) is 7.60. The van der Waals surface area contributed by atoms with E-state index in [0.717, 1.165) is 12.0 Å². The van der Waals surface area contributed by atoms with Gasteiger partial charge in [-0.15, -0.1) is 0 Å². The molecule has 1 atom stereocenters. The second kappa shape index (κ2) is 6.36. The topological polar surface area (TPSA) is 66.1 Å². The minimum absolute atomic E-state index is 0.288. The number of aromatic nitrogens is 3. The van der Waals surface area contributed by atoms with Crippen molar-refractivity contribution >= 4 is 5.97 Å². The van der Waals surface area contributed by atoms with Crippen molar-refractivity contribution in [1.29, 1.82) is 0 Å². The predicted molar refractivity (Wildman–Crippen MR) is 80.6 cm³/mol. The van der Waals surface area contributed by atoms with Crippen LogP contribution in [0.3, 0.4) is 0 Å². The molecule has 0 saturated carbocycles. The molecule has 2 heterocycles. The Balaban J connectivity index is 1.82. The molecule has 1 aliphatic rings. The molecule has 0 unspecified atom stereocenters. The highest BCUT2D eigenvalue weighted by atomic mass is 19.1. The van der Waals surface area contributed by atoms with Gasteiger partial charge in [0.1, 0.15) is 17.7 Å². The molecule has 0 amide bonds. The van der Waals surface area contributed by atoms with E-state index >= 15 is 0 Å². The van der Waals surface area contributed by atoms with Gasteiger partial charge in [-0.2, -0.15) is 5.10 Å².